The fourth-order valence-corrected chi connectivity index (χ4v) is 2.75. The number of hydrogen-bond acceptors (Lipinski definition) is 1. The third kappa shape index (κ3) is 1.73. The molecule has 0 bridgehead atoms. The van der Waals surface area contributed by atoms with Gasteiger partial charge in [-0.25, -0.2) is 0 Å². The summed E-state index contributed by atoms with van der Waals surface area (Å²) in [5.74, 6) is 0. The minimum Gasteiger partial charge on any atom is -0.369 e. The van der Waals surface area contributed by atoms with E-state index >= 15 is 0 Å². The van der Waals surface area contributed by atoms with Crippen molar-refractivity contribution in [2.24, 2.45) is 0 Å². The van der Waals surface area contributed by atoms with Crippen LogP contribution in [-0.2, 0) is 5.41 Å². The van der Waals surface area contributed by atoms with E-state index in [1.54, 1.807) is 0 Å². The maximum absolute atomic E-state index is 2.55. The molecule has 1 aromatic carbocycles. The van der Waals surface area contributed by atoms with Gasteiger partial charge in [-0.3, -0.25) is 0 Å². The first-order valence-corrected chi connectivity index (χ1v) is 6.30. The van der Waals surface area contributed by atoms with Gasteiger partial charge in [0.15, 0.2) is 0 Å². The lowest BCUT2D eigenvalue weighted by Crippen LogP contribution is -2.41. The second kappa shape index (κ2) is 3.80. The van der Waals surface area contributed by atoms with E-state index in [1.807, 2.05) is 0 Å². The van der Waals surface area contributed by atoms with Crippen molar-refractivity contribution in [2.75, 3.05) is 11.4 Å². The topological polar surface area (TPSA) is 3.24 Å². The number of para-hydroxylation sites is 1. The van der Waals surface area contributed by atoms with Crippen LogP contribution in [0.1, 0.15) is 45.2 Å². The first-order chi connectivity index (χ1) is 7.43. The summed E-state index contributed by atoms with van der Waals surface area (Å²) in [6, 6.07) is 7.32. The first-order valence-electron chi connectivity index (χ1n) is 6.30. The first kappa shape index (κ1) is 11.5. The fourth-order valence-electron chi connectivity index (χ4n) is 2.75. The van der Waals surface area contributed by atoms with E-state index in [9.17, 15) is 0 Å². The van der Waals surface area contributed by atoms with Gasteiger partial charge in [0.25, 0.3) is 0 Å². The lowest BCUT2D eigenvalue weighted by molar-refractivity contribution is 0.441. The van der Waals surface area contributed by atoms with Crippen LogP contribution in [0.25, 0.3) is 0 Å². The van der Waals surface area contributed by atoms with E-state index in [-0.39, 0.29) is 0 Å². The molecule has 0 aromatic heterocycles. The normalized spacial score (nSPS) is 18.8. The molecule has 0 amide bonds. The third-order valence-corrected chi connectivity index (χ3v) is 3.86. The summed E-state index contributed by atoms with van der Waals surface area (Å²) in [6.07, 6.45) is 1.25. The number of nitrogens with zero attached hydrogens (tertiary/aromatic N) is 1. The highest BCUT2D eigenvalue weighted by molar-refractivity contribution is 5.64. The monoisotopic (exact) mass is 217 g/mol. The zero-order chi connectivity index (χ0) is 11.9. The van der Waals surface area contributed by atoms with Crippen molar-refractivity contribution in [3.63, 3.8) is 0 Å². The Kier molecular flexibility index (Phi) is 2.73. The number of hydrogen-bond donors (Lipinski definition) is 0. The van der Waals surface area contributed by atoms with Crippen LogP contribution >= 0.6 is 0 Å². The molecule has 0 unspecified atom stereocenters. The van der Waals surface area contributed by atoms with E-state index in [0.717, 1.165) is 0 Å². The highest BCUT2D eigenvalue weighted by atomic mass is 15.2. The van der Waals surface area contributed by atoms with Gasteiger partial charge >= 0.3 is 0 Å². The molecule has 2 rings (SSSR count). The minimum atomic E-state index is 0.326. The standard InChI is InChI=1S/C15H23N/c1-11(2)16-10-9-15(4,5)13-8-6-7-12(3)14(13)16/h6-8,11H,9-10H2,1-5H3. The summed E-state index contributed by atoms with van der Waals surface area (Å²) >= 11 is 0. The van der Waals surface area contributed by atoms with Gasteiger partial charge in [0.1, 0.15) is 0 Å². The van der Waals surface area contributed by atoms with Crippen molar-refractivity contribution >= 4 is 5.69 Å². The predicted molar refractivity (Wildman–Crippen MR) is 71.3 cm³/mol. The molecule has 1 aliphatic heterocycles. The Labute approximate surface area is 99.5 Å². The van der Waals surface area contributed by atoms with Crippen LogP contribution in [0.4, 0.5) is 5.69 Å². The molecule has 1 heterocycles. The van der Waals surface area contributed by atoms with Crippen LogP contribution in [-0.4, -0.2) is 12.6 Å². The van der Waals surface area contributed by atoms with E-state index in [4.69, 9.17) is 0 Å². The average Bonchev–Trinajstić information content (AvgIpc) is 2.18. The molecule has 1 aromatic rings. The average molecular weight is 217 g/mol. The van der Waals surface area contributed by atoms with Gasteiger partial charge in [-0.05, 0) is 43.7 Å². The van der Waals surface area contributed by atoms with Crippen LogP contribution in [0.5, 0.6) is 0 Å². The van der Waals surface area contributed by atoms with Gasteiger partial charge in [-0.15, -0.1) is 0 Å². The van der Waals surface area contributed by atoms with Crippen LogP contribution < -0.4 is 4.90 Å². The molecule has 1 heteroatoms. The summed E-state index contributed by atoms with van der Waals surface area (Å²) in [5, 5.41) is 0. The van der Waals surface area contributed by atoms with E-state index in [2.05, 4.69) is 57.7 Å². The lowest BCUT2D eigenvalue weighted by Gasteiger charge is -2.43. The summed E-state index contributed by atoms with van der Waals surface area (Å²) in [4.78, 5) is 2.55. The predicted octanol–water partition coefficient (Wildman–Crippen LogP) is 3.89. The molecule has 0 spiro atoms. The van der Waals surface area contributed by atoms with Crippen LogP contribution in [0.3, 0.4) is 0 Å². The molecule has 0 fully saturated rings. The zero-order valence-electron chi connectivity index (χ0n) is 11.2. The van der Waals surface area contributed by atoms with Crippen LogP contribution in [0.2, 0.25) is 0 Å². The van der Waals surface area contributed by atoms with Gasteiger partial charge in [0.2, 0.25) is 0 Å². The molecule has 0 radical (unpaired) electrons. The van der Waals surface area contributed by atoms with Crippen molar-refractivity contribution < 1.29 is 0 Å². The Morgan fingerprint density at radius 3 is 2.56 bits per heavy atom. The second-order valence-electron chi connectivity index (χ2n) is 5.89. The Morgan fingerprint density at radius 1 is 1.25 bits per heavy atom. The van der Waals surface area contributed by atoms with Gasteiger partial charge in [-0.1, -0.05) is 32.0 Å². The Balaban J connectivity index is 2.58. The Bertz CT molecular complexity index is 390. The summed E-state index contributed by atoms with van der Waals surface area (Å²) in [6.45, 7) is 12.7. The molecule has 0 saturated heterocycles. The largest absolute Gasteiger partial charge is 0.369 e. The quantitative estimate of drug-likeness (QED) is 0.690. The molecule has 1 nitrogen and oxygen atoms in total. The van der Waals surface area contributed by atoms with Gasteiger partial charge < -0.3 is 4.90 Å². The molecule has 0 aliphatic carbocycles. The third-order valence-electron chi connectivity index (χ3n) is 3.86. The van der Waals surface area contributed by atoms with Crippen LogP contribution in [0, 0.1) is 6.92 Å². The molecule has 0 N–H and O–H groups in total. The molecular weight excluding hydrogens is 194 g/mol. The molecule has 16 heavy (non-hydrogen) atoms. The molecule has 88 valence electrons. The van der Waals surface area contributed by atoms with E-state index in [1.165, 1.54) is 29.8 Å². The number of anilines is 1. The zero-order valence-corrected chi connectivity index (χ0v) is 11.2. The number of fused-ring (bicyclic) bond motifs is 1. The fraction of sp³-hybridized carbons (Fsp3) is 0.600. The number of rotatable bonds is 1. The smallest absolute Gasteiger partial charge is 0.0436 e. The summed E-state index contributed by atoms with van der Waals surface area (Å²) in [5.41, 5.74) is 4.74. The highest BCUT2D eigenvalue weighted by Crippen LogP contribution is 2.41. The molecule has 0 atom stereocenters. The molecule has 1 aliphatic rings. The van der Waals surface area contributed by atoms with E-state index in [0.29, 0.717) is 11.5 Å². The van der Waals surface area contributed by atoms with Crippen molar-refractivity contribution in [3.8, 4) is 0 Å². The van der Waals surface area contributed by atoms with Crippen molar-refractivity contribution in [3.05, 3.63) is 29.3 Å². The van der Waals surface area contributed by atoms with E-state index < -0.39 is 0 Å². The lowest BCUT2D eigenvalue weighted by atomic mass is 9.76. The number of benzene rings is 1. The van der Waals surface area contributed by atoms with Crippen LogP contribution in [0.15, 0.2) is 18.2 Å². The summed E-state index contributed by atoms with van der Waals surface area (Å²) in [7, 11) is 0. The Hall–Kier alpha value is -0.980. The maximum atomic E-state index is 2.55. The number of aryl methyl sites for hydroxylation is 1. The highest BCUT2D eigenvalue weighted by Gasteiger charge is 2.32. The Morgan fingerprint density at radius 2 is 1.94 bits per heavy atom. The maximum Gasteiger partial charge on any atom is 0.0436 e. The van der Waals surface area contributed by atoms with Gasteiger partial charge in [0.05, 0.1) is 0 Å². The van der Waals surface area contributed by atoms with Gasteiger partial charge in [0, 0.05) is 18.3 Å². The van der Waals surface area contributed by atoms with Crippen molar-refractivity contribution in [1.82, 2.24) is 0 Å². The second-order valence-corrected chi connectivity index (χ2v) is 5.89. The SMILES string of the molecule is Cc1cccc2c1N(C(C)C)CCC2(C)C. The van der Waals surface area contributed by atoms with Gasteiger partial charge in [-0.2, -0.15) is 0 Å². The molecule has 0 saturated carbocycles. The molecular formula is C15H23N. The minimum absolute atomic E-state index is 0.326. The summed E-state index contributed by atoms with van der Waals surface area (Å²) < 4.78 is 0. The van der Waals surface area contributed by atoms with Crippen molar-refractivity contribution in [2.45, 2.75) is 52.5 Å². The van der Waals surface area contributed by atoms with Crippen molar-refractivity contribution in [1.29, 1.82) is 0 Å².